The second kappa shape index (κ2) is 7.51. The molecule has 0 spiro atoms. The van der Waals surface area contributed by atoms with Gasteiger partial charge in [0.1, 0.15) is 5.75 Å². The minimum Gasteiger partial charge on any atom is -0.462 e. The van der Waals surface area contributed by atoms with E-state index in [1.54, 1.807) is 7.11 Å². The summed E-state index contributed by atoms with van der Waals surface area (Å²) in [4.78, 5) is 0. The molecule has 0 heterocycles. The summed E-state index contributed by atoms with van der Waals surface area (Å²) in [5.41, 5.74) is 0. The molecule has 0 fully saturated rings. The van der Waals surface area contributed by atoms with Crippen LogP contribution in [0.5, 0.6) is 5.75 Å². The largest absolute Gasteiger partial charge is 0.462 e. The smallest absolute Gasteiger partial charge is 0.215 e. The molecule has 1 aromatic carbocycles. The third kappa shape index (κ3) is 4.22. The summed E-state index contributed by atoms with van der Waals surface area (Å²) >= 11 is 0. The minimum absolute atomic E-state index is 0.230. The van der Waals surface area contributed by atoms with E-state index in [1.165, 1.54) is 0 Å². The molecular formula is C16H25O3. The van der Waals surface area contributed by atoms with Gasteiger partial charge in [-0.2, -0.15) is 0 Å². The van der Waals surface area contributed by atoms with Crippen LogP contribution in [0, 0.1) is 17.9 Å². The van der Waals surface area contributed by atoms with Crippen LogP contribution in [-0.2, 0) is 9.47 Å². The molecule has 0 atom stereocenters. The Labute approximate surface area is 116 Å². The first kappa shape index (κ1) is 16.0. The highest BCUT2D eigenvalue weighted by Crippen LogP contribution is 2.33. The van der Waals surface area contributed by atoms with Crippen LogP contribution in [-0.4, -0.2) is 26.1 Å². The van der Waals surface area contributed by atoms with Gasteiger partial charge in [0.15, 0.2) is 0 Å². The summed E-state index contributed by atoms with van der Waals surface area (Å²) < 4.78 is 17.3. The van der Waals surface area contributed by atoms with Gasteiger partial charge >= 0.3 is 0 Å². The Morgan fingerprint density at radius 1 is 1.05 bits per heavy atom. The van der Waals surface area contributed by atoms with Crippen LogP contribution in [0.3, 0.4) is 0 Å². The van der Waals surface area contributed by atoms with Crippen molar-refractivity contribution in [3.63, 3.8) is 0 Å². The maximum absolute atomic E-state index is 6.17. The van der Waals surface area contributed by atoms with Gasteiger partial charge in [-0.15, -0.1) is 0 Å². The van der Waals surface area contributed by atoms with Crippen molar-refractivity contribution >= 4 is 0 Å². The van der Waals surface area contributed by atoms with E-state index in [-0.39, 0.29) is 11.8 Å². The fraction of sp³-hybridized carbons (Fsp3) is 0.625. The highest BCUT2D eigenvalue weighted by molar-refractivity contribution is 5.21. The van der Waals surface area contributed by atoms with E-state index >= 15 is 0 Å². The van der Waals surface area contributed by atoms with E-state index < -0.39 is 5.79 Å². The standard InChI is InChI=1S/C16H25O3/c1-13(2)16(14(3)4,18-12-11-17-5)19-15-9-7-6-8-10-15/h7-10,13-14H,11-12H2,1-5H3. The summed E-state index contributed by atoms with van der Waals surface area (Å²) in [5.74, 6) is 0.625. The van der Waals surface area contributed by atoms with Crippen molar-refractivity contribution in [1.29, 1.82) is 0 Å². The third-order valence-electron chi connectivity index (χ3n) is 3.19. The molecule has 0 N–H and O–H groups in total. The van der Waals surface area contributed by atoms with Gasteiger partial charge in [0.2, 0.25) is 5.79 Å². The van der Waals surface area contributed by atoms with E-state index in [0.29, 0.717) is 13.2 Å². The van der Waals surface area contributed by atoms with Gasteiger partial charge in [-0.25, -0.2) is 0 Å². The predicted octanol–water partition coefficient (Wildman–Crippen LogP) is 3.54. The predicted molar refractivity (Wildman–Crippen MR) is 76.1 cm³/mol. The van der Waals surface area contributed by atoms with Gasteiger partial charge in [0.25, 0.3) is 0 Å². The molecule has 0 saturated carbocycles. The van der Waals surface area contributed by atoms with Crippen LogP contribution >= 0.6 is 0 Å². The van der Waals surface area contributed by atoms with Crippen molar-refractivity contribution < 1.29 is 14.2 Å². The number of benzene rings is 1. The van der Waals surface area contributed by atoms with Crippen molar-refractivity contribution in [2.24, 2.45) is 11.8 Å². The van der Waals surface area contributed by atoms with Crippen LogP contribution in [0.15, 0.2) is 24.3 Å². The molecule has 3 heteroatoms. The minimum atomic E-state index is -0.639. The highest BCUT2D eigenvalue weighted by atomic mass is 16.7. The quantitative estimate of drug-likeness (QED) is 0.531. The molecule has 0 unspecified atom stereocenters. The molecule has 1 rings (SSSR count). The van der Waals surface area contributed by atoms with Crippen LogP contribution in [0.1, 0.15) is 27.7 Å². The summed E-state index contributed by atoms with van der Waals surface area (Å²) in [7, 11) is 1.67. The topological polar surface area (TPSA) is 27.7 Å². The van der Waals surface area contributed by atoms with Crippen molar-refractivity contribution in [2.75, 3.05) is 20.3 Å². The van der Waals surface area contributed by atoms with Gasteiger partial charge in [0.05, 0.1) is 13.2 Å². The Balaban J connectivity index is 2.89. The lowest BCUT2D eigenvalue weighted by atomic mass is 9.91. The zero-order chi connectivity index (χ0) is 14.3. The Kier molecular flexibility index (Phi) is 6.32. The molecule has 0 saturated heterocycles. The Morgan fingerprint density at radius 3 is 2.11 bits per heavy atom. The van der Waals surface area contributed by atoms with Crippen LogP contribution in [0.2, 0.25) is 0 Å². The summed E-state index contributed by atoms with van der Waals surface area (Å²) in [5, 5.41) is 0. The van der Waals surface area contributed by atoms with Crippen molar-refractivity contribution in [2.45, 2.75) is 33.5 Å². The van der Waals surface area contributed by atoms with Crippen LogP contribution in [0.25, 0.3) is 0 Å². The first-order valence-electron chi connectivity index (χ1n) is 6.81. The Hall–Kier alpha value is -1.06. The van der Waals surface area contributed by atoms with Crippen molar-refractivity contribution in [1.82, 2.24) is 0 Å². The maximum atomic E-state index is 6.17. The van der Waals surface area contributed by atoms with Crippen LogP contribution in [0.4, 0.5) is 0 Å². The molecule has 0 aliphatic carbocycles. The lowest BCUT2D eigenvalue weighted by Crippen LogP contribution is -2.49. The third-order valence-corrected chi connectivity index (χ3v) is 3.19. The second-order valence-electron chi connectivity index (χ2n) is 5.21. The van der Waals surface area contributed by atoms with E-state index in [4.69, 9.17) is 14.2 Å². The van der Waals surface area contributed by atoms with E-state index in [1.807, 2.05) is 24.3 Å². The number of methoxy groups -OCH3 is 1. The fourth-order valence-electron chi connectivity index (χ4n) is 2.17. The van der Waals surface area contributed by atoms with E-state index in [0.717, 1.165) is 5.75 Å². The first-order valence-corrected chi connectivity index (χ1v) is 6.81. The average molecular weight is 265 g/mol. The SMILES string of the molecule is COCCOC(Oc1cc[c]cc1)(C(C)C)C(C)C. The van der Waals surface area contributed by atoms with E-state index in [9.17, 15) is 0 Å². The van der Waals surface area contributed by atoms with E-state index in [2.05, 4.69) is 33.8 Å². The van der Waals surface area contributed by atoms with Gasteiger partial charge < -0.3 is 14.2 Å². The normalized spacial score (nSPS) is 12.2. The number of ether oxygens (including phenoxy) is 3. The molecule has 1 radical (unpaired) electrons. The molecule has 0 aromatic heterocycles. The molecule has 0 aliphatic heterocycles. The summed E-state index contributed by atoms with van der Waals surface area (Å²) in [6.07, 6.45) is 0. The van der Waals surface area contributed by atoms with Gasteiger partial charge in [-0.1, -0.05) is 39.8 Å². The Bertz CT molecular complexity index is 338. The summed E-state index contributed by atoms with van der Waals surface area (Å²) in [6.45, 7) is 9.53. The van der Waals surface area contributed by atoms with Crippen molar-refractivity contribution in [3.05, 3.63) is 30.3 Å². The molecular weight excluding hydrogens is 240 g/mol. The van der Waals surface area contributed by atoms with Crippen LogP contribution < -0.4 is 4.74 Å². The Morgan fingerprint density at radius 2 is 1.63 bits per heavy atom. The zero-order valence-electron chi connectivity index (χ0n) is 12.6. The number of hydrogen-bond acceptors (Lipinski definition) is 3. The highest BCUT2D eigenvalue weighted by Gasteiger charge is 2.40. The monoisotopic (exact) mass is 265 g/mol. The second-order valence-corrected chi connectivity index (χ2v) is 5.21. The molecule has 0 amide bonds. The molecule has 0 bridgehead atoms. The lowest BCUT2D eigenvalue weighted by molar-refractivity contribution is -0.241. The van der Waals surface area contributed by atoms with Gasteiger partial charge in [-0.3, -0.25) is 0 Å². The molecule has 107 valence electrons. The number of hydrogen-bond donors (Lipinski definition) is 0. The van der Waals surface area contributed by atoms with Crippen molar-refractivity contribution in [3.8, 4) is 5.75 Å². The molecule has 0 aliphatic rings. The average Bonchev–Trinajstić information content (AvgIpc) is 2.38. The zero-order valence-corrected chi connectivity index (χ0v) is 12.6. The number of rotatable bonds is 8. The maximum Gasteiger partial charge on any atom is 0.215 e. The van der Waals surface area contributed by atoms with Gasteiger partial charge in [-0.05, 0) is 18.2 Å². The van der Waals surface area contributed by atoms with Gasteiger partial charge in [0, 0.05) is 18.9 Å². The molecule has 19 heavy (non-hydrogen) atoms. The molecule has 1 aromatic rings. The lowest BCUT2D eigenvalue weighted by Gasteiger charge is -2.41. The molecule has 3 nitrogen and oxygen atoms in total. The first-order chi connectivity index (χ1) is 9.03. The summed E-state index contributed by atoms with van der Waals surface area (Å²) in [6, 6.07) is 10.5. The fourth-order valence-corrected chi connectivity index (χ4v) is 2.17.